The van der Waals surface area contributed by atoms with Crippen LogP contribution in [0, 0.1) is 23.0 Å². The SMILES string of the molecule is Cc1cc(N2CCC(CN)CC2)c2cc([N+](=O)[O-])ccc2n1. The van der Waals surface area contributed by atoms with Gasteiger partial charge in [0.25, 0.3) is 5.69 Å². The number of pyridine rings is 1. The Hall–Kier alpha value is -2.21. The average Bonchev–Trinajstić information content (AvgIpc) is 2.53. The minimum absolute atomic E-state index is 0.108. The fourth-order valence-corrected chi connectivity index (χ4v) is 3.11. The number of aryl methyl sites for hydroxylation is 1. The van der Waals surface area contributed by atoms with Gasteiger partial charge >= 0.3 is 0 Å². The molecule has 0 amide bonds. The van der Waals surface area contributed by atoms with Gasteiger partial charge < -0.3 is 10.6 Å². The molecule has 1 fully saturated rings. The van der Waals surface area contributed by atoms with Crippen LogP contribution in [0.5, 0.6) is 0 Å². The molecule has 2 N–H and O–H groups in total. The molecule has 0 atom stereocenters. The number of fused-ring (bicyclic) bond motifs is 1. The van der Waals surface area contributed by atoms with E-state index in [2.05, 4.69) is 9.88 Å². The Labute approximate surface area is 129 Å². The van der Waals surface area contributed by atoms with E-state index in [0.29, 0.717) is 5.92 Å². The second-order valence-corrected chi connectivity index (χ2v) is 5.91. The third-order valence-corrected chi connectivity index (χ3v) is 4.40. The van der Waals surface area contributed by atoms with Crippen molar-refractivity contribution in [3.8, 4) is 0 Å². The van der Waals surface area contributed by atoms with Crippen LogP contribution in [0.1, 0.15) is 18.5 Å². The standard InChI is InChI=1S/C16H20N4O2/c1-11-8-16(19-6-4-12(10-17)5-7-19)14-9-13(20(21)22)2-3-15(14)18-11/h2-3,8-9,12H,4-7,10,17H2,1H3. The molecule has 22 heavy (non-hydrogen) atoms. The van der Waals surface area contributed by atoms with Crippen LogP contribution in [-0.2, 0) is 0 Å². The van der Waals surface area contributed by atoms with Gasteiger partial charge in [-0.2, -0.15) is 0 Å². The van der Waals surface area contributed by atoms with Crippen LogP contribution < -0.4 is 10.6 Å². The highest BCUT2D eigenvalue weighted by Gasteiger charge is 2.21. The summed E-state index contributed by atoms with van der Waals surface area (Å²) in [6.45, 7) is 4.55. The highest BCUT2D eigenvalue weighted by atomic mass is 16.6. The van der Waals surface area contributed by atoms with Gasteiger partial charge in [0.2, 0.25) is 0 Å². The molecule has 116 valence electrons. The summed E-state index contributed by atoms with van der Waals surface area (Å²) >= 11 is 0. The van der Waals surface area contributed by atoms with Crippen molar-refractivity contribution in [3.05, 3.63) is 40.1 Å². The van der Waals surface area contributed by atoms with Crippen LogP contribution in [0.15, 0.2) is 24.3 Å². The quantitative estimate of drug-likeness (QED) is 0.695. The van der Waals surface area contributed by atoms with Gasteiger partial charge in [0.05, 0.1) is 10.4 Å². The van der Waals surface area contributed by atoms with Crippen molar-refractivity contribution >= 4 is 22.3 Å². The van der Waals surface area contributed by atoms with Crippen LogP contribution in [0.3, 0.4) is 0 Å². The zero-order valence-electron chi connectivity index (χ0n) is 12.7. The van der Waals surface area contributed by atoms with Crippen molar-refractivity contribution in [1.82, 2.24) is 4.98 Å². The maximum Gasteiger partial charge on any atom is 0.270 e. The molecule has 6 nitrogen and oxygen atoms in total. The van der Waals surface area contributed by atoms with Crippen molar-refractivity contribution in [2.45, 2.75) is 19.8 Å². The van der Waals surface area contributed by atoms with Gasteiger partial charge in [0.1, 0.15) is 0 Å². The monoisotopic (exact) mass is 300 g/mol. The first-order valence-corrected chi connectivity index (χ1v) is 7.59. The number of benzene rings is 1. The molecule has 0 radical (unpaired) electrons. The molecule has 6 heteroatoms. The Morgan fingerprint density at radius 1 is 1.36 bits per heavy atom. The molecular formula is C16H20N4O2. The van der Waals surface area contributed by atoms with E-state index in [-0.39, 0.29) is 10.6 Å². The maximum atomic E-state index is 11.0. The number of aromatic nitrogens is 1. The zero-order chi connectivity index (χ0) is 15.7. The second-order valence-electron chi connectivity index (χ2n) is 5.91. The number of non-ortho nitro benzene ring substituents is 1. The van der Waals surface area contributed by atoms with Crippen LogP contribution in [0.25, 0.3) is 10.9 Å². The lowest BCUT2D eigenvalue weighted by Gasteiger charge is -2.33. The van der Waals surface area contributed by atoms with Crippen molar-refractivity contribution < 1.29 is 4.92 Å². The number of piperidine rings is 1. The van der Waals surface area contributed by atoms with Crippen LogP contribution >= 0.6 is 0 Å². The Kier molecular flexibility index (Phi) is 3.94. The Balaban J connectivity index is 2.03. The fraction of sp³-hybridized carbons (Fsp3) is 0.438. The molecule has 0 spiro atoms. The first-order valence-electron chi connectivity index (χ1n) is 7.59. The third kappa shape index (κ3) is 2.74. The summed E-state index contributed by atoms with van der Waals surface area (Å²) in [6, 6.07) is 6.90. The van der Waals surface area contributed by atoms with E-state index in [4.69, 9.17) is 5.73 Å². The van der Waals surface area contributed by atoms with E-state index < -0.39 is 0 Å². The van der Waals surface area contributed by atoms with Gasteiger partial charge in [-0.1, -0.05) is 0 Å². The van der Waals surface area contributed by atoms with Gasteiger partial charge in [0.15, 0.2) is 0 Å². The summed E-state index contributed by atoms with van der Waals surface area (Å²) in [4.78, 5) is 17.5. The zero-order valence-corrected chi connectivity index (χ0v) is 12.7. The summed E-state index contributed by atoms with van der Waals surface area (Å²) in [5, 5.41) is 11.9. The fourth-order valence-electron chi connectivity index (χ4n) is 3.11. The van der Waals surface area contributed by atoms with E-state index in [9.17, 15) is 10.1 Å². The number of nitrogens with zero attached hydrogens (tertiary/aromatic N) is 3. The van der Waals surface area contributed by atoms with Crippen molar-refractivity contribution in [2.24, 2.45) is 11.7 Å². The molecular weight excluding hydrogens is 280 g/mol. The van der Waals surface area contributed by atoms with Crippen molar-refractivity contribution in [3.63, 3.8) is 0 Å². The van der Waals surface area contributed by atoms with Gasteiger partial charge in [-0.25, -0.2) is 0 Å². The molecule has 2 heterocycles. The van der Waals surface area contributed by atoms with Crippen molar-refractivity contribution in [1.29, 1.82) is 0 Å². The van der Waals surface area contributed by atoms with Gasteiger partial charge in [-0.15, -0.1) is 0 Å². The Bertz CT molecular complexity index is 709. The molecule has 0 bridgehead atoms. The summed E-state index contributed by atoms with van der Waals surface area (Å²) in [5.41, 5.74) is 8.64. The Morgan fingerprint density at radius 2 is 2.09 bits per heavy atom. The van der Waals surface area contributed by atoms with E-state index in [0.717, 1.165) is 54.8 Å². The first-order chi connectivity index (χ1) is 10.6. The smallest absolute Gasteiger partial charge is 0.270 e. The summed E-state index contributed by atoms with van der Waals surface area (Å²) in [7, 11) is 0. The lowest BCUT2D eigenvalue weighted by molar-refractivity contribution is -0.384. The van der Waals surface area contributed by atoms with Crippen molar-refractivity contribution in [2.75, 3.05) is 24.5 Å². The number of hydrogen-bond acceptors (Lipinski definition) is 5. The number of nitrogens with two attached hydrogens (primary N) is 1. The highest BCUT2D eigenvalue weighted by molar-refractivity contribution is 5.93. The van der Waals surface area contributed by atoms with Crippen LogP contribution in [-0.4, -0.2) is 29.5 Å². The predicted molar refractivity (Wildman–Crippen MR) is 87.1 cm³/mol. The number of nitro benzene ring substituents is 1. The lowest BCUT2D eigenvalue weighted by Crippen LogP contribution is -2.36. The second kappa shape index (κ2) is 5.88. The van der Waals surface area contributed by atoms with Gasteiger partial charge in [-0.05, 0) is 44.4 Å². The van der Waals surface area contributed by atoms with Gasteiger partial charge in [-0.3, -0.25) is 15.1 Å². The van der Waals surface area contributed by atoms with E-state index in [1.54, 1.807) is 12.1 Å². The molecule has 0 saturated carbocycles. The Morgan fingerprint density at radius 3 is 2.73 bits per heavy atom. The van der Waals surface area contributed by atoms with Crippen LogP contribution in [0.2, 0.25) is 0 Å². The number of rotatable bonds is 3. The number of anilines is 1. The highest BCUT2D eigenvalue weighted by Crippen LogP contribution is 2.32. The topological polar surface area (TPSA) is 85.3 Å². The summed E-state index contributed by atoms with van der Waals surface area (Å²) in [6.07, 6.45) is 2.13. The van der Waals surface area contributed by atoms with E-state index in [1.165, 1.54) is 6.07 Å². The van der Waals surface area contributed by atoms with E-state index in [1.807, 2.05) is 13.0 Å². The molecule has 0 aliphatic carbocycles. The van der Waals surface area contributed by atoms with Gasteiger partial charge in [0, 0.05) is 42.0 Å². The maximum absolute atomic E-state index is 11.0. The molecule has 3 rings (SSSR count). The number of nitro groups is 1. The minimum Gasteiger partial charge on any atom is -0.371 e. The first kappa shape index (κ1) is 14.7. The largest absolute Gasteiger partial charge is 0.371 e. The third-order valence-electron chi connectivity index (χ3n) is 4.40. The predicted octanol–water partition coefficient (Wildman–Crippen LogP) is 2.63. The minimum atomic E-state index is -0.357. The molecule has 2 aromatic rings. The molecule has 1 aliphatic rings. The molecule has 1 aromatic carbocycles. The van der Waals surface area contributed by atoms with E-state index >= 15 is 0 Å². The molecule has 1 aromatic heterocycles. The summed E-state index contributed by atoms with van der Waals surface area (Å²) in [5.74, 6) is 0.583. The number of hydrogen-bond donors (Lipinski definition) is 1. The normalized spacial score (nSPS) is 16.2. The molecule has 0 unspecified atom stereocenters. The average molecular weight is 300 g/mol. The summed E-state index contributed by atoms with van der Waals surface area (Å²) < 4.78 is 0. The molecule has 1 aliphatic heterocycles. The lowest BCUT2D eigenvalue weighted by atomic mass is 9.96. The van der Waals surface area contributed by atoms with Crippen LogP contribution in [0.4, 0.5) is 11.4 Å². The molecule has 1 saturated heterocycles.